The third kappa shape index (κ3) is 2.14. The van der Waals surface area contributed by atoms with Crippen molar-refractivity contribution in [3.63, 3.8) is 0 Å². The van der Waals surface area contributed by atoms with Crippen LogP contribution in [-0.4, -0.2) is 42.4 Å². The van der Waals surface area contributed by atoms with E-state index in [1.807, 2.05) is 0 Å². The van der Waals surface area contributed by atoms with Crippen molar-refractivity contribution >= 4 is 11.8 Å². The number of morpholine rings is 1. The van der Waals surface area contributed by atoms with Gasteiger partial charge in [0, 0.05) is 13.1 Å². The molecular weight excluding hydrogens is 208 g/mol. The highest BCUT2D eigenvalue weighted by atomic mass is 16.5. The molecule has 1 aliphatic rings. The lowest BCUT2D eigenvalue weighted by Crippen LogP contribution is -2.36. The molecule has 2 rings (SSSR count). The van der Waals surface area contributed by atoms with E-state index in [0.717, 1.165) is 18.9 Å². The smallest absolute Gasteiger partial charge is 0.337 e. The lowest BCUT2D eigenvalue weighted by molar-refractivity contribution is 0.0695. The van der Waals surface area contributed by atoms with Crippen molar-refractivity contribution < 1.29 is 14.6 Å². The van der Waals surface area contributed by atoms with Crippen molar-refractivity contribution in [3.05, 3.63) is 23.4 Å². The van der Waals surface area contributed by atoms with Crippen molar-refractivity contribution in [3.8, 4) is 0 Å². The molecule has 1 fully saturated rings. The summed E-state index contributed by atoms with van der Waals surface area (Å²) in [6.07, 6.45) is 0. The van der Waals surface area contributed by atoms with E-state index in [1.54, 1.807) is 19.1 Å². The van der Waals surface area contributed by atoms with Crippen molar-refractivity contribution in [1.29, 1.82) is 0 Å². The maximum absolute atomic E-state index is 10.8. The minimum Gasteiger partial charge on any atom is -0.478 e. The summed E-state index contributed by atoms with van der Waals surface area (Å²) in [4.78, 5) is 17.2. The number of nitrogens with zero attached hydrogens (tertiary/aromatic N) is 2. The number of carbonyl (C=O) groups is 1. The first kappa shape index (κ1) is 10.9. The third-order valence-corrected chi connectivity index (χ3v) is 2.64. The molecule has 1 N–H and O–H groups in total. The van der Waals surface area contributed by atoms with Crippen molar-refractivity contribution in [2.24, 2.45) is 0 Å². The van der Waals surface area contributed by atoms with Crippen molar-refractivity contribution in [2.45, 2.75) is 6.92 Å². The largest absolute Gasteiger partial charge is 0.478 e. The Morgan fingerprint density at radius 3 is 2.69 bits per heavy atom. The van der Waals surface area contributed by atoms with Gasteiger partial charge in [0.25, 0.3) is 0 Å². The Bertz CT molecular complexity index is 400. The molecule has 86 valence electrons. The molecule has 16 heavy (non-hydrogen) atoms. The summed E-state index contributed by atoms with van der Waals surface area (Å²) in [6.45, 7) is 4.72. The molecule has 0 aromatic carbocycles. The molecule has 5 heteroatoms. The van der Waals surface area contributed by atoms with Crippen molar-refractivity contribution in [2.75, 3.05) is 31.2 Å². The average Bonchev–Trinajstić information content (AvgIpc) is 2.29. The predicted molar refractivity (Wildman–Crippen MR) is 59.0 cm³/mol. The lowest BCUT2D eigenvalue weighted by Gasteiger charge is -2.28. The van der Waals surface area contributed by atoms with Crippen LogP contribution in [0.4, 0.5) is 5.82 Å². The van der Waals surface area contributed by atoms with Gasteiger partial charge in [0.15, 0.2) is 0 Å². The molecule has 0 saturated carbocycles. The van der Waals surface area contributed by atoms with Gasteiger partial charge in [-0.1, -0.05) is 0 Å². The van der Waals surface area contributed by atoms with Gasteiger partial charge < -0.3 is 14.7 Å². The summed E-state index contributed by atoms with van der Waals surface area (Å²) in [5, 5.41) is 8.89. The van der Waals surface area contributed by atoms with E-state index < -0.39 is 5.97 Å². The van der Waals surface area contributed by atoms with Crippen LogP contribution in [0.3, 0.4) is 0 Å². The molecule has 1 aromatic heterocycles. The van der Waals surface area contributed by atoms with Crippen LogP contribution in [0, 0.1) is 6.92 Å². The number of pyridine rings is 1. The summed E-state index contributed by atoms with van der Waals surface area (Å²) in [6, 6.07) is 3.36. The first-order chi connectivity index (χ1) is 7.68. The molecule has 0 amide bonds. The van der Waals surface area contributed by atoms with Gasteiger partial charge in [-0.3, -0.25) is 0 Å². The Labute approximate surface area is 93.7 Å². The number of aromatic nitrogens is 1. The van der Waals surface area contributed by atoms with Gasteiger partial charge in [0.05, 0.1) is 24.5 Å². The second-order valence-corrected chi connectivity index (χ2v) is 3.71. The van der Waals surface area contributed by atoms with Gasteiger partial charge in [-0.15, -0.1) is 0 Å². The van der Waals surface area contributed by atoms with E-state index in [1.165, 1.54) is 0 Å². The molecule has 5 nitrogen and oxygen atoms in total. The highest BCUT2D eigenvalue weighted by molar-refractivity contribution is 5.89. The molecule has 1 aliphatic heterocycles. The summed E-state index contributed by atoms with van der Waals surface area (Å²) in [5.74, 6) is -0.107. The zero-order valence-corrected chi connectivity index (χ0v) is 9.14. The van der Waals surface area contributed by atoms with Crippen LogP contribution in [0.2, 0.25) is 0 Å². The Balaban J connectivity index is 2.23. The topological polar surface area (TPSA) is 62.7 Å². The lowest BCUT2D eigenvalue weighted by atomic mass is 10.2. The Morgan fingerprint density at radius 2 is 2.12 bits per heavy atom. The number of aromatic carboxylic acids is 1. The summed E-state index contributed by atoms with van der Waals surface area (Å²) in [5.41, 5.74) is 0.813. The fourth-order valence-corrected chi connectivity index (χ4v) is 1.74. The second-order valence-electron chi connectivity index (χ2n) is 3.71. The van der Waals surface area contributed by atoms with Gasteiger partial charge in [0.1, 0.15) is 5.82 Å². The number of carboxylic acid groups (broad SMARTS) is 1. The van der Waals surface area contributed by atoms with Gasteiger partial charge in [-0.2, -0.15) is 0 Å². The first-order valence-corrected chi connectivity index (χ1v) is 5.22. The number of rotatable bonds is 2. The highest BCUT2D eigenvalue weighted by Gasteiger charge is 2.15. The van der Waals surface area contributed by atoms with Crippen molar-refractivity contribution in [1.82, 2.24) is 4.98 Å². The van der Waals surface area contributed by atoms with E-state index in [-0.39, 0.29) is 5.56 Å². The van der Waals surface area contributed by atoms with Crippen LogP contribution in [0.25, 0.3) is 0 Å². The molecule has 2 heterocycles. The maximum atomic E-state index is 10.8. The van der Waals surface area contributed by atoms with Crippen LogP contribution in [0.5, 0.6) is 0 Å². The quantitative estimate of drug-likeness (QED) is 0.806. The Morgan fingerprint density at radius 1 is 1.44 bits per heavy atom. The normalized spacial score (nSPS) is 16.2. The van der Waals surface area contributed by atoms with E-state index in [0.29, 0.717) is 18.9 Å². The second kappa shape index (κ2) is 4.49. The minimum atomic E-state index is -0.932. The monoisotopic (exact) mass is 222 g/mol. The molecule has 0 bridgehead atoms. The molecule has 0 atom stereocenters. The van der Waals surface area contributed by atoms with Crippen LogP contribution in [0.1, 0.15) is 16.1 Å². The van der Waals surface area contributed by atoms with Crippen LogP contribution in [0.15, 0.2) is 12.1 Å². The SMILES string of the molecule is Cc1nc(N2CCOCC2)ccc1C(=O)O. The van der Waals surface area contributed by atoms with E-state index >= 15 is 0 Å². The number of anilines is 1. The molecule has 0 radical (unpaired) electrons. The molecule has 0 aliphatic carbocycles. The highest BCUT2D eigenvalue weighted by Crippen LogP contribution is 2.16. The Hall–Kier alpha value is -1.62. The molecule has 0 spiro atoms. The van der Waals surface area contributed by atoms with Crippen LogP contribution in [-0.2, 0) is 4.74 Å². The summed E-state index contributed by atoms with van der Waals surface area (Å²) >= 11 is 0. The fourth-order valence-electron chi connectivity index (χ4n) is 1.74. The standard InChI is InChI=1S/C11H14N2O3/c1-8-9(11(14)15)2-3-10(12-8)13-4-6-16-7-5-13/h2-3H,4-7H2,1H3,(H,14,15). The van der Waals surface area contributed by atoms with Gasteiger partial charge in [-0.05, 0) is 19.1 Å². The molecule has 1 saturated heterocycles. The summed E-state index contributed by atoms with van der Waals surface area (Å²) < 4.78 is 5.25. The minimum absolute atomic E-state index is 0.261. The average molecular weight is 222 g/mol. The maximum Gasteiger partial charge on any atom is 0.337 e. The van der Waals surface area contributed by atoms with Crippen LogP contribution >= 0.6 is 0 Å². The molecule has 1 aromatic rings. The number of aryl methyl sites for hydroxylation is 1. The zero-order chi connectivity index (χ0) is 11.5. The number of hydrogen-bond acceptors (Lipinski definition) is 4. The molecule has 0 unspecified atom stereocenters. The Kier molecular flexibility index (Phi) is 3.05. The summed E-state index contributed by atoms with van der Waals surface area (Å²) in [7, 11) is 0. The van der Waals surface area contributed by atoms with Crippen LogP contribution < -0.4 is 4.90 Å². The molecular formula is C11H14N2O3. The van der Waals surface area contributed by atoms with Gasteiger partial charge in [0.2, 0.25) is 0 Å². The predicted octanol–water partition coefficient (Wildman–Crippen LogP) is 0.925. The van der Waals surface area contributed by atoms with E-state index in [4.69, 9.17) is 9.84 Å². The number of hydrogen-bond donors (Lipinski definition) is 1. The van der Waals surface area contributed by atoms with Gasteiger partial charge >= 0.3 is 5.97 Å². The zero-order valence-electron chi connectivity index (χ0n) is 9.14. The third-order valence-electron chi connectivity index (χ3n) is 2.64. The number of ether oxygens (including phenoxy) is 1. The number of carboxylic acids is 1. The van der Waals surface area contributed by atoms with E-state index in [9.17, 15) is 4.79 Å². The first-order valence-electron chi connectivity index (χ1n) is 5.22. The fraction of sp³-hybridized carbons (Fsp3) is 0.455. The van der Waals surface area contributed by atoms with Gasteiger partial charge in [-0.25, -0.2) is 9.78 Å². The van der Waals surface area contributed by atoms with E-state index in [2.05, 4.69) is 9.88 Å².